The molecule has 3 nitrogen and oxygen atoms in total. The molecule has 0 fully saturated rings. The molecule has 0 amide bonds. The number of para-hydroxylation sites is 1. The zero-order valence-corrected chi connectivity index (χ0v) is 13.5. The summed E-state index contributed by atoms with van der Waals surface area (Å²) >= 11 is 0. The van der Waals surface area contributed by atoms with Gasteiger partial charge in [-0.1, -0.05) is 45.0 Å². The van der Waals surface area contributed by atoms with E-state index in [1.54, 1.807) is 0 Å². The maximum Gasteiger partial charge on any atom is 0.219 e. The zero-order valence-electron chi connectivity index (χ0n) is 13.5. The third kappa shape index (κ3) is 3.82. The second-order valence-corrected chi connectivity index (χ2v) is 6.27. The van der Waals surface area contributed by atoms with Crippen molar-refractivity contribution in [1.82, 2.24) is 10.3 Å². The number of aromatic nitrogens is 1. The van der Waals surface area contributed by atoms with Gasteiger partial charge >= 0.3 is 0 Å². The summed E-state index contributed by atoms with van der Waals surface area (Å²) in [5.74, 6) is 1.52. The molecule has 0 bridgehead atoms. The van der Waals surface area contributed by atoms with Gasteiger partial charge < -0.3 is 10.1 Å². The Morgan fingerprint density at radius 3 is 2.43 bits per heavy atom. The first-order valence-electron chi connectivity index (χ1n) is 7.30. The third-order valence-corrected chi connectivity index (χ3v) is 3.45. The highest BCUT2D eigenvalue weighted by Crippen LogP contribution is 2.33. The Morgan fingerprint density at radius 1 is 1.10 bits per heavy atom. The first-order valence-corrected chi connectivity index (χ1v) is 7.30. The van der Waals surface area contributed by atoms with Crippen LogP contribution in [0.5, 0.6) is 11.6 Å². The monoisotopic (exact) mass is 284 g/mol. The average molecular weight is 284 g/mol. The molecule has 1 N–H and O–H groups in total. The number of hydrogen-bond acceptors (Lipinski definition) is 3. The predicted octanol–water partition coefficient (Wildman–Crippen LogP) is 4.20. The van der Waals surface area contributed by atoms with Gasteiger partial charge in [-0.3, -0.25) is 0 Å². The quantitative estimate of drug-likeness (QED) is 0.913. The predicted molar refractivity (Wildman–Crippen MR) is 87.0 cm³/mol. The third-order valence-electron chi connectivity index (χ3n) is 3.45. The lowest BCUT2D eigenvalue weighted by Crippen LogP contribution is -2.12. The van der Waals surface area contributed by atoms with Crippen LogP contribution in [0.4, 0.5) is 0 Å². The van der Waals surface area contributed by atoms with Crippen LogP contribution in [0.2, 0.25) is 0 Å². The standard InChI is InChI=1S/C18H24N2O/c1-13-14(12-19-5)10-11-17(20-13)21-16-9-7-6-8-15(16)18(2,3)4/h6-11,19H,12H2,1-5H3. The SMILES string of the molecule is CNCc1ccc(Oc2ccccc2C(C)(C)C)nc1C. The van der Waals surface area contributed by atoms with Crippen LogP contribution in [-0.4, -0.2) is 12.0 Å². The molecule has 0 saturated carbocycles. The molecule has 0 atom stereocenters. The normalized spacial score (nSPS) is 11.5. The summed E-state index contributed by atoms with van der Waals surface area (Å²) in [5, 5.41) is 3.14. The summed E-state index contributed by atoms with van der Waals surface area (Å²) in [4.78, 5) is 4.55. The number of nitrogens with one attached hydrogen (secondary N) is 1. The van der Waals surface area contributed by atoms with Gasteiger partial charge in [0.05, 0.1) is 0 Å². The van der Waals surface area contributed by atoms with Gasteiger partial charge in [-0.25, -0.2) is 4.98 Å². The van der Waals surface area contributed by atoms with Crippen molar-refractivity contribution in [1.29, 1.82) is 0 Å². The molecule has 0 unspecified atom stereocenters. The van der Waals surface area contributed by atoms with Crippen molar-refractivity contribution in [3.05, 3.63) is 53.2 Å². The van der Waals surface area contributed by atoms with Gasteiger partial charge in [-0.15, -0.1) is 0 Å². The molecule has 3 heteroatoms. The van der Waals surface area contributed by atoms with Crippen LogP contribution in [0.3, 0.4) is 0 Å². The van der Waals surface area contributed by atoms with E-state index in [0.717, 1.165) is 18.0 Å². The van der Waals surface area contributed by atoms with Crippen molar-refractivity contribution < 1.29 is 4.74 Å². The highest BCUT2D eigenvalue weighted by Gasteiger charge is 2.19. The Labute approximate surface area is 127 Å². The molecule has 0 spiro atoms. The molecule has 1 aromatic carbocycles. The van der Waals surface area contributed by atoms with E-state index < -0.39 is 0 Å². The topological polar surface area (TPSA) is 34.1 Å². The first-order chi connectivity index (χ1) is 9.91. The summed E-state index contributed by atoms with van der Waals surface area (Å²) in [7, 11) is 1.93. The van der Waals surface area contributed by atoms with Gasteiger partial charge in [0.2, 0.25) is 5.88 Å². The lowest BCUT2D eigenvalue weighted by atomic mass is 9.86. The molecule has 2 rings (SSSR count). The van der Waals surface area contributed by atoms with E-state index in [-0.39, 0.29) is 5.41 Å². The summed E-state index contributed by atoms with van der Waals surface area (Å²) in [6, 6.07) is 12.1. The van der Waals surface area contributed by atoms with Gasteiger partial charge in [0, 0.05) is 23.9 Å². The Balaban J connectivity index is 2.29. The van der Waals surface area contributed by atoms with Gasteiger partial charge in [-0.2, -0.15) is 0 Å². The molecule has 1 heterocycles. The maximum atomic E-state index is 6.02. The molecule has 21 heavy (non-hydrogen) atoms. The summed E-state index contributed by atoms with van der Waals surface area (Å²) in [6.45, 7) is 9.38. The minimum absolute atomic E-state index is 0.0394. The van der Waals surface area contributed by atoms with E-state index in [0.29, 0.717) is 5.88 Å². The highest BCUT2D eigenvalue weighted by molar-refractivity contribution is 5.40. The van der Waals surface area contributed by atoms with E-state index in [9.17, 15) is 0 Å². The van der Waals surface area contributed by atoms with Gasteiger partial charge in [0.25, 0.3) is 0 Å². The van der Waals surface area contributed by atoms with Crippen molar-refractivity contribution in [2.75, 3.05) is 7.05 Å². The number of benzene rings is 1. The summed E-state index contributed by atoms with van der Waals surface area (Å²) < 4.78 is 6.02. The molecule has 2 aromatic rings. The molecule has 0 aliphatic heterocycles. The number of rotatable bonds is 4. The molecular weight excluding hydrogens is 260 g/mol. The lowest BCUT2D eigenvalue weighted by molar-refractivity contribution is 0.438. The number of hydrogen-bond donors (Lipinski definition) is 1. The summed E-state index contributed by atoms with van der Waals surface area (Å²) in [5.41, 5.74) is 3.41. The fourth-order valence-corrected chi connectivity index (χ4v) is 2.29. The Kier molecular flexibility index (Phi) is 4.63. The Bertz CT molecular complexity index is 615. The average Bonchev–Trinajstić information content (AvgIpc) is 2.41. The van der Waals surface area contributed by atoms with E-state index in [2.05, 4.69) is 43.2 Å². The van der Waals surface area contributed by atoms with Gasteiger partial charge in [-0.05, 0) is 31.0 Å². The number of nitrogens with zero attached hydrogens (tertiary/aromatic N) is 1. The van der Waals surface area contributed by atoms with Crippen LogP contribution in [0.25, 0.3) is 0 Å². The van der Waals surface area contributed by atoms with Crippen LogP contribution in [-0.2, 0) is 12.0 Å². The van der Waals surface area contributed by atoms with Crippen LogP contribution in [0, 0.1) is 6.92 Å². The minimum atomic E-state index is 0.0394. The first kappa shape index (κ1) is 15.5. The Hall–Kier alpha value is -1.87. The minimum Gasteiger partial charge on any atom is -0.439 e. The summed E-state index contributed by atoms with van der Waals surface area (Å²) in [6.07, 6.45) is 0. The number of ether oxygens (including phenoxy) is 1. The van der Waals surface area contributed by atoms with Crippen LogP contribution in [0.1, 0.15) is 37.6 Å². The van der Waals surface area contributed by atoms with Crippen LogP contribution in [0.15, 0.2) is 36.4 Å². The highest BCUT2D eigenvalue weighted by atomic mass is 16.5. The van der Waals surface area contributed by atoms with Gasteiger partial charge in [0.1, 0.15) is 5.75 Å². The van der Waals surface area contributed by atoms with E-state index in [4.69, 9.17) is 4.74 Å². The van der Waals surface area contributed by atoms with Crippen LogP contribution >= 0.6 is 0 Å². The largest absolute Gasteiger partial charge is 0.439 e. The van der Waals surface area contributed by atoms with Crippen molar-refractivity contribution in [2.24, 2.45) is 0 Å². The zero-order chi connectivity index (χ0) is 15.5. The fourth-order valence-electron chi connectivity index (χ4n) is 2.29. The fraction of sp³-hybridized carbons (Fsp3) is 0.389. The number of pyridine rings is 1. The molecule has 1 aromatic heterocycles. The maximum absolute atomic E-state index is 6.02. The molecule has 0 saturated heterocycles. The molecular formula is C18H24N2O. The molecule has 0 radical (unpaired) electrons. The van der Waals surface area contributed by atoms with E-state index >= 15 is 0 Å². The van der Waals surface area contributed by atoms with Crippen molar-refractivity contribution in [2.45, 2.75) is 39.7 Å². The van der Waals surface area contributed by atoms with E-state index in [1.165, 1.54) is 11.1 Å². The smallest absolute Gasteiger partial charge is 0.219 e. The van der Waals surface area contributed by atoms with Crippen molar-refractivity contribution in [3.63, 3.8) is 0 Å². The Morgan fingerprint density at radius 2 is 1.81 bits per heavy atom. The van der Waals surface area contributed by atoms with Crippen molar-refractivity contribution >= 4 is 0 Å². The number of aryl methyl sites for hydroxylation is 1. The second kappa shape index (κ2) is 6.27. The van der Waals surface area contributed by atoms with E-state index in [1.807, 2.05) is 38.2 Å². The van der Waals surface area contributed by atoms with Gasteiger partial charge in [0.15, 0.2) is 0 Å². The lowest BCUT2D eigenvalue weighted by Gasteiger charge is -2.22. The molecule has 112 valence electrons. The molecule has 0 aliphatic rings. The molecule has 0 aliphatic carbocycles. The second-order valence-electron chi connectivity index (χ2n) is 6.27. The van der Waals surface area contributed by atoms with Crippen molar-refractivity contribution in [3.8, 4) is 11.6 Å². The van der Waals surface area contributed by atoms with Crippen LogP contribution < -0.4 is 10.1 Å².